The molecule has 9 heteroatoms. The van der Waals surface area contributed by atoms with Gasteiger partial charge in [-0.15, -0.1) is 0 Å². The molecule has 1 fully saturated rings. The third-order valence-corrected chi connectivity index (χ3v) is 3.78. The molecule has 8 nitrogen and oxygen atoms in total. The average molecular weight is 343 g/mol. The molecule has 0 radical (unpaired) electrons. The van der Waals surface area contributed by atoms with Crippen LogP contribution in [0.2, 0.25) is 0 Å². The van der Waals surface area contributed by atoms with E-state index in [1.165, 1.54) is 12.1 Å². The molecule has 1 saturated heterocycles. The summed E-state index contributed by atoms with van der Waals surface area (Å²) < 4.78 is 5.48. The quantitative estimate of drug-likeness (QED) is 0.515. The van der Waals surface area contributed by atoms with E-state index in [9.17, 15) is 19.7 Å². The number of nitrogens with zero attached hydrogens (tertiary/aromatic N) is 2. The fourth-order valence-corrected chi connectivity index (χ4v) is 2.55. The molecule has 1 N–H and O–H groups in total. The highest BCUT2D eigenvalue weighted by Crippen LogP contribution is 2.27. The second-order valence-electron chi connectivity index (χ2n) is 4.64. The van der Waals surface area contributed by atoms with Gasteiger partial charge in [0, 0.05) is 12.1 Å². The molecular weight excluding hydrogens is 334 g/mol. The molecule has 1 aromatic carbocycles. The number of pyridine rings is 1. The Bertz CT molecular complexity index is 846. The van der Waals surface area contributed by atoms with Crippen molar-refractivity contribution in [3.63, 3.8) is 0 Å². The number of benzene rings is 1. The van der Waals surface area contributed by atoms with Crippen LogP contribution in [0.4, 0.5) is 10.5 Å². The van der Waals surface area contributed by atoms with Crippen molar-refractivity contribution in [2.75, 3.05) is 0 Å². The lowest BCUT2D eigenvalue weighted by Gasteiger charge is -2.04. The van der Waals surface area contributed by atoms with Crippen LogP contribution in [0.25, 0.3) is 6.08 Å². The Labute approximate surface area is 139 Å². The van der Waals surface area contributed by atoms with Crippen LogP contribution in [0.3, 0.4) is 0 Å². The highest BCUT2D eigenvalue weighted by atomic mass is 32.2. The summed E-state index contributed by atoms with van der Waals surface area (Å²) in [7, 11) is 0. The normalized spacial score (nSPS) is 15.4. The second-order valence-corrected chi connectivity index (χ2v) is 5.65. The molecule has 1 aromatic heterocycles. The van der Waals surface area contributed by atoms with Gasteiger partial charge in [0.2, 0.25) is 5.88 Å². The fourth-order valence-electron chi connectivity index (χ4n) is 1.87. The molecule has 0 spiro atoms. The first-order valence-corrected chi connectivity index (χ1v) is 7.46. The summed E-state index contributed by atoms with van der Waals surface area (Å²) in [6, 6.07) is 9.45. The van der Waals surface area contributed by atoms with E-state index in [1.807, 2.05) is 0 Å². The lowest BCUT2D eigenvalue weighted by molar-refractivity contribution is -0.385. The Kier molecular flexibility index (Phi) is 4.25. The van der Waals surface area contributed by atoms with Crippen molar-refractivity contribution in [1.82, 2.24) is 10.3 Å². The van der Waals surface area contributed by atoms with Gasteiger partial charge in [-0.05, 0) is 35.5 Å². The Hall–Kier alpha value is -3.20. The summed E-state index contributed by atoms with van der Waals surface area (Å²) in [6.07, 6.45) is 2.71. The maximum absolute atomic E-state index is 11.5. The lowest BCUT2D eigenvalue weighted by atomic mass is 10.2. The molecule has 120 valence electrons. The van der Waals surface area contributed by atoms with Crippen molar-refractivity contribution < 1.29 is 19.2 Å². The summed E-state index contributed by atoms with van der Waals surface area (Å²) in [5.41, 5.74) is 0.609. The molecule has 0 unspecified atom stereocenters. The standard InChI is InChI=1S/C15H9N3O5S/c19-14-12(24-15(20)17-14)7-9-1-4-11(5-2-9)23-13-6-3-10(8-16-13)18(21)22/h1-8H,(H,17,19,20)/b12-7-. The zero-order valence-corrected chi connectivity index (χ0v) is 12.8. The molecule has 0 saturated carbocycles. The number of nitrogens with one attached hydrogen (secondary N) is 1. The number of amides is 2. The number of nitro groups is 1. The van der Waals surface area contributed by atoms with Gasteiger partial charge in [0.05, 0.1) is 9.83 Å². The van der Waals surface area contributed by atoms with E-state index in [-0.39, 0.29) is 11.6 Å². The van der Waals surface area contributed by atoms with E-state index in [2.05, 4.69) is 10.3 Å². The number of ether oxygens (including phenoxy) is 1. The topological polar surface area (TPSA) is 111 Å². The first-order chi connectivity index (χ1) is 11.5. The molecule has 0 atom stereocenters. The Morgan fingerprint density at radius 1 is 1.17 bits per heavy atom. The van der Waals surface area contributed by atoms with E-state index in [0.29, 0.717) is 10.7 Å². The van der Waals surface area contributed by atoms with Gasteiger partial charge in [-0.1, -0.05) is 12.1 Å². The van der Waals surface area contributed by atoms with Gasteiger partial charge in [0.1, 0.15) is 11.9 Å². The van der Waals surface area contributed by atoms with Crippen LogP contribution < -0.4 is 10.1 Å². The SMILES string of the molecule is O=C1NC(=O)/C(=C/c2ccc(Oc3ccc([N+](=O)[O-])cn3)cc2)S1. The zero-order valence-electron chi connectivity index (χ0n) is 12.0. The van der Waals surface area contributed by atoms with E-state index in [0.717, 1.165) is 23.5 Å². The first-order valence-electron chi connectivity index (χ1n) is 6.64. The van der Waals surface area contributed by atoms with Crippen LogP contribution in [-0.4, -0.2) is 21.1 Å². The van der Waals surface area contributed by atoms with Gasteiger partial charge in [0.15, 0.2) is 0 Å². The van der Waals surface area contributed by atoms with E-state index < -0.39 is 16.1 Å². The van der Waals surface area contributed by atoms with Gasteiger partial charge in [-0.3, -0.25) is 25.0 Å². The number of aromatic nitrogens is 1. The Morgan fingerprint density at radius 2 is 1.92 bits per heavy atom. The Morgan fingerprint density at radius 3 is 2.46 bits per heavy atom. The Balaban J connectivity index is 1.70. The summed E-state index contributed by atoms with van der Waals surface area (Å²) in [5.74, 6) is 0.293. The molecule has 2 aromatic rings. The van der Waals surface area contributed by atoms with E-state index in [4.69, 9.17) is 4.74 Å². The predicted molar refractivity (Wildman–Crippen MR) is 86.5 cm³/mol. The third kappa shape index (κ3) is 3.58. The minimum atomic E-state index is -0.541. The van der Waals surface area contributed by atoms with Crippen LogP contribution in [0.1, 0.15) is 5.56 Å². The molecule has 1 aliphatic heterocycles. The number of hydrogen-bond donors (Lipinski definition) is 1. The van der Waals surface area contributed by atoms with Crippen molar-refractivity contribution in [1.29, 1.82) is 0 Å². The van der Waals surface area contributed by atoms with Gasteiger partial charge < -0.3 is 4.74 Å². The molecule has 2 amide bonds. The van der Waals surface area contributed by atoms with Crippen molar-refractivity contribution in [2.45, 2.75) is 0 Å². The average Bonchev–Trinajstić information content (AvgIpc) is 2.87. The molecular formula is C15H9N3O5S. The highest BCUT2D eigenvalue weighted by Gasteiger charge is 2.24. The van der Waals surface area contributed by atoms with Crippen molar-refractivity contribution in [3.05, 3.63) is 63.2 Å². The summed E-state index contributed by atoms with van der Waals surface area (Å²) in [5, 5.41) is 12.3. The number of hydrogen-bond acceptors (Lipinski definition) is 7. The van der Waals surface area contributed by atoms with Crippen LogP contribution in [-0.2, 0) is 4.79 Å². The maximum atomic E-state index is 11.5. The van der Waals surface area contributed by atoms with Crippen LogP contribution in [0, 0.1) is 10.1 Å². The van der Waals surface area contributed by atoms with Crippen molar-refractivity contribution in [3.8, 4) is 11.6 Å². The lowest BCUT2D eigenvalue weighted by Crippen LogP contribution is -2.17. The summed E-state index contributed by atoms with van der Waals surface area (Å²) >= 11 is 0.844. The fraction of sp³-hybridized carbons (Fsp3) is 0. The molecule has 3 rings (SSSR count). The molecule has 2 heterocycles. The molecule has 0 aliphatic carbocycles. The third-order valence-electron chi connectivity index (χ3n) is 2.97. The van der Waals surface area contributed by atoms with Crippen LogP contribution >= 0.6 is 11.8 Å². The zero-order chi connectivity index (χ0) is 17.1. The first kappa shape index (κ1) is 15.7. The van der Waals surface area contributed by atoms with Crippen LogP contribution in [0.15, 0.2) is 47.5 Å². The molecule has 24 heavy (non-hydrogen) atoms. The second kappa shape index (κ2) is 6.50. The maximum Gasteiger partial charge on any atom is 0.290 e. The number of carbonyl (C=O) groups is 2. The number of imide groups is 1. The largest absolute Gasteiger partial charge is 0.439 e. The molecule has 0 bridgehead atoms. The van der Waals surface area contributed by atoms with Crippen molar-refractivity contribution >= 4 is 34.7 Å². The summed E-state index contributed by atoms with van der Waals surface area (Å²) in [6.45, 7) is 0. The van der Waals surface area contributed by atoms with E-state index in [1.54, 1.807) is 30.3 Å². The highest BCUT2D eigenvalue weighted by molar-refractivity contribution is 8.18. The monoisotopic (exact) mass is 343 g/mol. The van der Waals surface area contributed by atoms with Crippen LogP contribution in [0.5, 0.6) is 11.6 Å². The van der Waals surface area contributed by atoms with Gasteiger partial charge in [-0.2, -0.15) is 0 Å². The minimum Gasteiger partial charge on any atom is -0.439 e. The van der Waals surface area contributed by atoms with Crippen molar-refractivity contribution in [2.24, 2.45) is 0 Å². The van der Waals surface area contributed by atoms with Gasteiger partial charge in [0.25, 0.3) is 16.8 Å². The number of carbonyl (C=O) groups excluding carboxylic acids is 2. The number of rotatable bonds is 4. The minimum absolute atomic E-state index is 0.119. The van der Waals surface area contributed by atoms with Gasteiger partial charge in [-0.25, -0.2) is 4.98 Å². The molecule has 1 aliphatic rings. The van der Waals surface area contributed by atoms with E-state index >= 15 is 0 Å². The predicted octanol–water partition coefficient (Wildman–Crippen LogP) is 3.11. The smallest absolute Gasteiger partial charge is 0.290 e. The number of thioether (sulfide) groups is 1. The van der Waals surface area contributed by atoms with Gasteiger partial charge >= 0.3 is 0 Å². The summed E-state index contributed by atoms with van der Waals surface area (Å²) in [4.78, 5) is 36.8.